The lowest BCUT2D eigenvalue weighted by atomic mass is 10.0. The van der Waals surface area contributed by atoms with Gasteiger partial charge in [0, 0.05) is 13.2 Å². The van der Waals surface area contributed by atoms with E-state index in [1.165, 1.54) is 4.68 Å². The zero-order chi connectivity index (χ0) is 8.77. The molecular formula is C7H9N3O2. The zero-order valence-electron chi connectivity index (χ0n) is 6.69. The van der Waals surface area contributed by atoms with E-state index in [2.05, 4.69) is 10.3 Å². The molecule has 1 saturated carbocycles. The number of carboxylic acids is 1. The Morgan fingerprint density at radius 2 is 2.42 bits per heavy atom. The first kappa shape index (κ1) is 7.27. The summed E-state index contributed by atoms with van der Waals surface area (Å²) in [5, 5.41) is 16.4. The molecule has 0 radical (unpaired) electrons. The predicted octanol–water partition coefficient (Wildman–Crippen LogP) is -0.0687. The van der Waals surface area contributed by atoms with Gasteiger partial charge in [0.2, 0.25) is 0 Å². The monoisotopic (exact) mass is 167 g/mol. The highest BCUT2D eigenvalue weighted by Crippen LogP contribution is 2.47. The topological polar surface area (TPSA) is 68.0 Å². The Morgan fingerprint density at radius 3 is 2.75 bits per heavy atom. The van der Waals surface area contributed by atoms with E-state index in [9.17, 15) is 4.79 Å². The molecule has 64 valence electrons. The number of rotatable bonds is 2. The summed E-state index contributed by atoms with van der Waals surface area (Å²) in [5.41, 5.74) is -0.133. The van der Waals surface area contributed by atoms with Gasteiger partial charge in [-0.1, -0.05) is 5.21 Å². The Hall–Kier alpha value is -1.39. The van der Waals surface area contributed by atoms with E-state index in [-0.39, 0.29) is 0 Å². The van der Waals surface area contributed by atoms with Crippen LogP contribution in [0.15, 0.2) is 6.20 Å². The first-order chi connectivity index (χ1) is 5.65. The van der Waals surface area contributed by atoms with Crippen molar-refractivity contribution in [2.24, 2.45) is 7.05 Å². The SMILES string of the molecule is Cn1cc(C2(C(=O)O)CC2)nn1. The van der Waals surface area contributed by atoms with E-state index < -0.39 is 11.4 Å². The molecule has 1 N–H and O–H groups in total. The number of carbonyl (C=O) groups is 1. The second kappa shape index (κ2) is 2.06. The number of aromatic nitrogens is 3. The molecule has 0 bridgehead atoms. The number of carboxylic acid groups (broad SMARTS) is 1. The van der Waals surface area contributed by atoms with Crippen molar-refractivity contribution >= 4 is 5.97 Å². The minimum Gasteiger partial charge on any atom is -0.481 e. The highest BCUT2D eigenvalue weighted by Gasteiger charge is 2.54. The minimum absolute atomic E-state index is 0.581. The van der Waals surface area contributed by atoms with Crippen LogP contribution in [0.3, 0.4) is 0 Å². The van der Waals surface area contributed by atoms with E-state index in [1.807, 2.05) is 0 Å². The number of hydrogen-bond donors (Lipinski definition) is 1. The highest BCUT2D eigenvalue weighted by atomic mass is 16.4. The average Bonchev–Trinajstić information content (AvgIpc) is 2.71. The molecule has 0 atom stereocenters. The molecule has 1 fully saturated rings. The van der Waals surface area contributed by atoms with E-state index in [4.69, 9.17) is 5.11 Å². The van der Waals surface area contributed by atoms with Crippen molar-refractivity contribution in [2.75, 3.05) is 0 Å². The van der Waals surface area contributed by atoms with Crippen LogP contribution in [0.1, 0.15) is 18.5 Å². The molecule has 0 amide bonds. The Balaban J connectivity index is 2.36. The Bertz CT molecular complexity index is 327. The number of aryl methyl sites for hydroxylation is 1. The van der Waals surface area contributed by atoms with Gasteiger partial charge in [0.15, 0.2) is 0 Å². The van der Waals surface area contributed by atoms with Crippen LogP contribution in [0.5, 0.6) is 0 Å². The summed E-state index contributed by atoms with van der Waals surface area (Å²) in [6.07, 6.45) is 3.03. The summed E-state index contributed by atoms with van der Waals surface area (Å²) in [6.45, 7) is 0. The maximum absolute atomic E-state index is 10.8. The molecule has 12 heavy (non-hydrogen) atoms. The predicted molar refractivity (Wildman–Crippen MR) is 39.6 cm³/mol. The van der Waals surface area contributed by atoms with Crippen LogP contribution in [0.2, 0.25) is 0 Å². The Morgan fingerprint density at radius 1 is 1.75 bits per heavy atom. The molecule has 5 heteroatoms. The summed E-state index contributed by atoms with van der Waals surface area (Å²) in [4.78, 5) is 10.8. The Kier molecular flexibility index (Phi) is 1.25. The second-order valence-corrected chi connectivity index (χ2v) is 3.16. The maximum Gasteiger partial charge on any atom is 0.315 e. The van der Waals surface area contributed by atoms with Gasteiger partial charge in [0.25, 0.3) is 0 Å². The van der Waals surface area contributed by atoms with Crippen molar-refractivity contribution < 1.29 is 9.90 Å². The fourth-order valence-corrected chi connectivity index (χ4v) is 1.27. The third-order valence-corrected chi connectivity index (χ3v) is 2.25. The fourth-order valence-electron chi connectivity index (χ4n) is 1.27. The van der Waals surface area contributed by atoms with Gasteiger partial charge in [-0.05, 0) is 12.8 Å². The third kappa shape index (κ3) is 0.823. The van der Waals surface area contributed by atoms with Gasteiger partial charge < -0.3 is 5.11 Å². The van der Waals surface area contributed by atoms with Crippen molar-refractivity contribution in [3.8, 4) is 0 Å². The molecule has 0 spiro atoms. The van der Waals surface area contributed by atoms with E-state index >= 15 is 0 Å². The molecule has 1 aliphatic carbocycles. The summed E-state index contributed by atoms with van der Waals surface area (Å²) in [7, 11) is 1.73. The Labute approximate surface area is 69.0 Å². The van der Waals surface area contributed by atoms with Crippen molar-refractivity contribution in [2.45, 2.75) is 18.3 Å². The molecule has 5 nitrogen and oxygen atoms in total. The standard InChI is InChI=1S/C7H9N3O2/c1-10-4-5(8-9-10)7(2-3-7)6(11)12/h4H,2-3H2,1H3,(H,11,12). The van der Waals surface area contributed by atoms with Crippen LogP contribution >= 0.6 is 0 Å². The minimum atomic E-state index is -0.789. The smallest absolute Gasteiger partial charge is 0.315 e. The molecule has 1 aliphatic rings. The quantitative estimate of drug-likeness (QED) is 0.669. The summed E-state index contributed by atoms with van der Waals surface area (Å²) < 4.78 is 1.53. The number of aliphatic carboxylic acids is 1. The van der Waals surface area contributed by atoms with Gasteiger partial charge >= 0.3 is 5.97 Å². The van der Waals surface area contributed by atoms with Crippen LogP contribution in [0.4, 0.5) is 0 Å². The van der Waals surface area contributed by atoms with Crippen LogP contribution in [0.25, 0.3) is 0 Å². The molecule has 1 aromatic heterocycles. The van der Waals surface area contributed by atoms with Gasteiger partial charge in [-0.25, -0.2) is 0 Å². The summed E-state index contributed by atoms with van der Waals surface area (Å²) in [5.74, 6) is -0.789. The van der Waals surface area contributed by atoms with Gasteiger partial charge in [0.05, 0.1) is 5.69 Å². The molecule has 0 aromatic carbocycles. The highest BCUT2D eigenvalue weighted by molar-refractivity contribution is 5.84. The summed E-state index contributed by atoms with van der Waals surface area (Å²) >= 11 is 0. The van der Waals surface area contributed by atoms with Gasteiger partial charge in [-0.2, -0.15) is 0 Å². The van der Waals surface area contributed by atoms with E-state index in [0.29, 0.717) is 18.5 Å². The molecule has 0 unspecified atom stereocenters. The van der Waals surface area contributed by atoms with Gasteiger partial charge in [-0.15, -0.1) is 5.10 Å². The zero-order valence-corrected chi connectivity index (χ0v) is 6.69. The average molecular weight is 167 g/mol. The van der Waals surface area contributed by atoms with Crippen molar-refractivity contribution in [3.05, 3.63) is 11.9 Å². The lowest BCUT2D eigenvalue weighted by molar-refractivity contribution is -0.140. The molecule has 1 aromatic rings. The van der Waals surface area contributed by atoms with Crippen LogP contribution in [0, 0.1) is 0 Å². The second-order valence-electron chi connectivity index (χ2n) is 3.16. The van der Waals surface area contributed by atoms with Gasteiger partial charge in [-0.3, -0.25) is 9.48 Å². The summed E-state index contributed by atoms with van der Waals surface area (Å²) in [6, 6.07) is 0. The lowest BCUT2D eigenvalue weighted by Gasteiger charge is -2.02. The van der Waals surface area contributed by atoms with Gasteiger partial charge in [0.1, 0.15) is 5.41 Å². The maximum atomic E-state index is 10.8. The van der Waals surface area contributed by atoms with Crippen molar-refractivity contribution in [1.82, 2.24) is 15.0 Å². The number of hydrogen-bond acceptors (Lipinski definition) is 3. The third-order valence-electron chi connectivity index (χ3n) is 2.25. The van der Waals surface area contributed by atoms with Crippen molar-refractivity contribution in [1.29, 1.82) is 0 Å². The first-order valence-electron chi connectivity index (χ1n) is 3.75. The van der Waals surface area contributed by atoms with E-state index in [1.54, 1.807) is 13.2 Å². The number of nitrogens with zero attached hydrogens (tertiary/aromatic N) is 3. The normalized spacial score (nSPS) is 19.1. The van der Waals surface area contributed by atoms with Crippen LogP contribution in [-0.2, 0) is 17.3 Å². The molecule has 1 heterocycles. The van der Waals surface area contributed by atoms with Crippen LogP contribution < -0.4 is 0 Å². The largest absolute Gasteiger partial charge is 0.481 e. The molecule has 0 saturated heterocycles. The molecule has 2 rings (SSSR count). The van der Waals surface area contributed by atoms with Crippen LogP contribution in [-0.4, -0.2) is 26.1 Å². The van der Waals surface area contributed by atoms with Crippen molar-refractivity contribution in [3.63, 3.8) is 0 Å². The lowest BCUT2D eigenvalue weighted by Crippen LogP contribution is -2.19. The molecule has 0 aliphatic heterocycles. The first-order valence-corrected chi connectivity index (χ1v) is 3.75. The van der Waals surface area contributed by atoms with E-state index in [0.717, 1.165) is 0 Å². The fraction of sp³-hybridized carbons (Fsp3) is 0.571. The molecular weight excluding hydrogens is 158 g/mol.